The second-order valence-corrected chi connectivity index (χ2v) is 3.55. The van der Waals surface area contributed by atoms with E-state index in [2.05, 4.69) is 5.10 Å². The second-order valence-electron chi connectivity index (χ2n) is 3.55. The first-order valence-electron chi connectivity index (χ1n) is 5.27. The van der Waals surface area contributed by atoms with Crippen molar-refractivity contribution in [2.45, 2.75) is 13.5 Å². The molecular weight excluding hydrogens is 202 g/mol. The van der Waals surface area contributed by atoms with E-state index in [0.29, 0.717) is 13.2 Å². The zero-order valence-corrected chi connectivity index (χ0v) is 9.26. The van der Waals surface area contributed by atoms with Crippen LogP contribution in [0.2, 0.25) is 0 Å². The maximum atomic E-state index is 5.71. The summed E-state index contributed by atoms with van der Waals surface area (Å²) < 4.78 is 7.17. The Morgan fingerprint density at radius 2 is 2.31 bits per heavy atom. The van der Waals surface area contributed by atoms with Crippen molar-refractivity contribution in [3.63, 3.8) is 0 Å². The highest BCUT2D eigenvalue weighted by Crippen LogP contribution is 2.11. The number of hydrogen-bond acceptors (Lipinski definition) is 3. The molecule has 0 unspecified atom stereocenters. The predicted molar refractivity (Wildman–Crippen MR) is 63.4 cm³/mol. The lowest BCUT2D eigenvalue weighted by Gasteiger charge is -2.02. The highest BCUT2D eigenvalue weighted by molar-refractivity contribution is 5.40. The van der Waals surface area contributed by atoms with Crippen LogP contribution in [0.1, 0.15) is 12.5 Å². The average molecular weight is 217 g/mol. The van der Waals surface area contributed by atoms with E-state index in [1.807, 2.05) is 42.1 Å². The van der Waals surface area contributed by atoms with E-state index in [0.717, 1.165) is 17.0 Å². The first-order chi connectivity index (χ1) is 7.78. The Bertz CT molecular complexity index is 465. The highest BCUT2D eigenvalue weighted by atomic mass is 16.5. The van der Waals surface area contributed by atoms with Crippen LogP contribution in [-0.4, -0.2) is 16.4 Å². The van der Waals surface area contributed by atoms with Crippen LogP contribution in [0.3, 0.4) is 0 Å². The highest BCUT2D eigenvalue weighted by Gasteiger charge is 2.00. The molecule has 0 atom stereocenters. The molecule has 1 heterocycles. The lowest BCUT2D eigenvalue weighted by atomic mass is 10.2. The Kier molecular flexibility index (Phi) is 3.10. The van der Waals surface area contributed by atoms with Crippen molar-refractivity contribution in [3.8, 4) is 5.75 Å². The molecule has 2 rings (SSSR count). The van der Waals surface area contributed by atoms with Gasteiger partial charge in [-0.1, -0.05) is 12.1 Å². The Balaban J connectivity index is 2.08. The van der Waals surface area contributed by atoms with Crippen LogP contribution in [0.25, 0.3) is 0 Å². The molecule has 4 heteroatoms. The minimum Gasteiger partial charge on any atom is -0.491 e. The summed E-state index contributed by atoms with van der Waals surface area (Å²) in [6.45, 7) is 3.32. The molecule has 0 aliphatic heterocycles. The lowest BCUT2D eigenvalue weighted by Crippen LogP contribution is -2.00. The van der Waals surface area contributed by atoms with Gasteiger partial charge < -0.3 is 10.5 Å². The number of hydrogen-bond donors (Lipinski definition) is 1. The third kappa shape index (κ3) is 2.53. The molecule has 0 radical (unpaired) electrons. The summed E-state index contributed by atoms with van der Waals surface area (Å²) in [7, 11) is 0. The minimum atomic E-state index is 0.657. The SMILES string of the molecule is CCOc1cnn(Cc2cccc(N)c2)c1. The normalized spacial score (nSPS) is 10.3. The van der Waals surface area contributed by atoms with Gasteiger partial charge in [0, 0.05) is 5.69 Å². The monoisotopic (exact) mass is 217 g/mol. The van der Waals surface area contributed by atoms with Crippen molar-refractivity contribution in [1.82, 2.24) is 9.78 Å². The quantitative estimate of drug-likeness (QED) is 0.796. The van der Waals surface area contributed by atoms with Gasteiger partial charge in [-0.3, -0.25) is 4.68 Å². The van der Waals surface area contributed by atoms with Gasteiger partial charge in [-0.15, -0.1) is 0 Å². The summed E-state index contributed by atoms with van der Waals surface area (Å²) in [5, 5.41) is 4.21. The second kappa shape index (κ2) is 4.70. The maximum Gasteiger partial charge on any atom is 0.157 e. The molecule has 0 aliphatic carbocycles. The molecule has 1 aromatic carbocycles. The minimum absolute atomic E-state index is 0.657. The number of ether oxygens (including phenoxy) is 1. The molecular formula is C12H15N3O. The molecule has 4 nitrogen and oxygen atoms in total. The van der Waals surface area contributed by atoms with Crippen molar-refractivity contribution in [2.75, 3.05) is 12.3 Å². The van der Waals surface area contributed by atoms with E-state index in [1.165, 1.54) is 0 Å². The zero-order chi connectivity index (χ0) is 11.4. The van der Waals surface area contributed by atoms with Crippen molar-refractivity contribution < 1.29 is 4.74 Å². The molecule has 2 N–H and O–H groups in total. The number of rotatable bonds is 4. The molecule has 84 valence electrons. The van der Waals surface area contributed by atoms with Crippen molar-refractivity contribution >= 4 is 5.69 Å². The van der Waals surface area contributed by atoms with E-state index in [9.17, 15) is 0 Å². The van der Waals surface area contributed by atoms with Gasteiger partial charge in [0.05, 0.1) is 25.5 Å². The summed E-state index contributed by atoms with van der Waals surface area (Å²) in [5.41, 5.74) is 7.61. The van der Waals surface area contributed by atoms with Gasteiger partial charge in [0.2, 0.25) is 0 Å². The molecule has 0 amide bonds. The summed E-state index contributed by atoms with van der Waals surface area (Å²) in [4.78, 5) is 0. The van der Waals surface area contributed by atoms with Crippen LogP contribution in [0.4, 0.5) is 5.69 Å². The van der Waals surface area contributed by atoms with E-state index in [4.69, 9.17) is 10.5 Å². The first kappa shape index (κ1) is 10.5. The Morgan fingerprint density at radius 3 is 3.06 bits per heavy atom. The fraction of sp³-hybridized carbons (Fsp3) is 0.250. The lowest BCUT2D eigenvalue weighted by molar-refractivity contribution is 0.340. The largest absolute Gasteiger partial charge is 0.491 e. The van der Waals surface area contributed by atoms with Crippen LogP contribution in [0.15, 0.2) is 36.7 Å². The van der Waals surface area contributed by atoms with Gasteiger partial charge in [0.15, 0.2) is 5.75 Å². The van der Waals surface area contributed by atoms with Crippen LogP contribution in [0, 0.1) is 0 Å². The molecule has 0 bridgehead atoms. The molecule has 0 saturated heterocycles. The summed E-state index contributed by atoms with van der Waals surface area (Å²) in [6, 6.07) is 7.79. The number of nitrogens with zero attached hydrogens (tertiary/aromatic N) is 2. The van der Waals surface area contributed by atoms with Crippen molar-refractivity contribution in [3.05, 3.63) is 42.2 Å². The Labute approximate surface area is 94.6 Å². The number of anilines is 1. The van der Waals surface area contributed by atoms with Gasteiger partial charge in [-0.25, -0.2) is 0 Å². The molecule has 16 heavy (non-hydrogen) atoms. The molecule has 0 aliphatic rings. The molecule has 2 aromatic rings. The van der Waals surface area contributed by atoms with Crippen LogP contribution >= 0.6 is 0 Å². The standard InChI is InChI=1S/C12H15N3O/c1-2-16-12-7-14-15(9-12)8-10-4-3-5-11(13)6-10/h3-7,9H,2,8,13H2,1H3. The number of benzene rings is 1. The third-order valence-electron chi connectivity index (χ3n) is 2.22. The van der Waals surface area contributed by atoms with E-state index in [1.54, 1.807) is 6.20 Å². The van der Waals surface area contributed by atoms with Crippen LogP contribution in [-0.2, 0) is 6.54 Å². The summed E-state index contributed by atoms with van der Waals surface area (Å²) in [5.74, 6) is 0.798. The van der Waals surface area contributed by atoms with Gasteiger partial charge >= 0.3 is 0 Å². The maximum absolute atomic E-state index is 5.71. The first-order valence-corrected chi connectivity index (χ1v) is 5.27. The van der Waals surface area contributed by atoms with Crippen molar-refractivity contribution in [1.29, 1.82) is 0 Å². The third-order valence-corrected chi connectivity index (χ3v) is 2.22. The van der Waals surface area contributed by atoms with E-state index >= 15 is 0 Å². The molecule has 0 fully saturated rings. The Hall–Kier alpha value is -1.97. The van der Waals surface area contributed by atoms with E-state index in [-0.39, 0.29) is 0 Å². The summed E-state index contributed by atoms with van der Waals surface area (Å²) in [6.07, 6.45) is 3.60. The number of nitrogens with two attached hydrogens (primary N) is 1. The molecule has 0 saturated carbocycles. The van der Waals surface area contributed by atoms with Gasteiger partial charge in [-0.2, -0.15) is 5.10 Å². The van der Waals surface area contributed by atoms with Gasteiger partial charge in [-0.05, 0) is 24.6 Å². The average Bonchev–Trinajstić information content (AvgIpc) is 2.66. The van der Waals surface area contributed by atoms with Crippen LogP contribution in [0.5, 0.6) is 5.75 Å². The van der Waals surface area contributed by atoms with E-state index < -0.39 is 0 Å². The number of aromatic nitrogens is 2. The smallest absolute Gasteiger partial charge is 0.157 e. The molecule has 0 spiro atoms. The van der Waals surface area contributed by atoms with Gasteiger partial charge in [0.1, 0.15) is 0 Å². The predicted octanol–water partition coefficient (Wildman–Crippen LogP) is 1.91. The van der Waals surface area contributed by atoms with Crippen molar-refractivity contribution in [2.24, 2.45) is 0 Å². The fourth-order valence-corrected chi connectivity index (χ4v) is 1.55. The fourth-order valence-electron chi connectivity index (χ4n) is 1.55. The number of nitrogen functional groups attached to an aromatic ring is 1. The Morgan fingerprint density at radius 1 is 1.44 bits per heavy atom. The summed E-state index contributed by atoms with van der Waals surface area (Å²) >= 11 is 0. The zero-order valence-electron chi connectivity index (χ0n) is 9.26. The molecule has 1 aromatic heterocycles. The van der Waals surface area contributed by atoms with Gasteiger partial charge in [0.25, 0.3) is 0 Å². The van der Waals surface area contributed by atoms with Crippen LogP contribution < -0.4 is 10.5 Å². The topological polar surface area (TPSA) is 53.1 Å².